The first-order valence-electron chi connectivity index (χ1n) is 11.7. The van der Waals surface area contributed by atoms with Gasteiger partial charge in [0.2, 0.25) is 0 Å². The topological polar surface area (TPSA) is 65.7 Å². The number of aromatic nitrogens is 1. The summed E-state index contributed by atoms with van der Waals surface area (Å²) >= 11 is 0. The van der Waals surface area contributed by atoms with E-state index in [4.69, 9.17) is 4.42 Å². The van der Waals surface area contributed by atoms with E-state index in [1.807, 2.05) is 42.5 Å². The first-order valence-corrected chi connectivity index (χ1v) is 11.7. The molecule has 2 heterocycles. The van der Waals surface area contributed by atoms with Crippen LogP contribution in [-0.2, 0) is 0 Å². The standard InChI is InChI=1S/C32H17N3O/c33-18-20-8-7-9-21(19-34)31(20)27-17-22(16-26-25-12-3-6-15-30(25)36-32(26)27)35-28-13-4-1-10-23(28)24-11-2-5-14-29(24)35/h1-17H. The van der Waals surface area contributed by atoms with E-state index in [2.05, 4.69) is 59.2 Å². The summed E-state index contributed by atoms with van der Waals surface area (Å²) in [6, 6.07) is 38.6. The van der Waals surface area contributed by atoms with Crippen molar-refractivity contribution < 1.29 is 4.42 Å². The fourth-order valence-electron chi connectivity index (χ4n) is 5.36. The number of nitrogens with zero attached hydrogens (tertiary/aromatic N) is 3. The summed E-state index contributed by atoms with van der Waals surface area (Å²) < 4.78 is 8.60. The predicted molar refractivity (Wildman–Crippen MR) is 143 cm³/mol. The molecule has 166 valence electrons. The highest BCUT2D eigenvalue weighted by Gasteiger charge is 2.21. The number of fused-ring (bicyclic) bond motifs is 6. The van der Waals surface area contributed by atoms with Gasteiger partial charge in [-0.15, -0.1) is 0 Å². The molecule has 0 saturated heterocycles. The number of hydrogen-bond acceptors (Lipinski definition) is 3. The number of furan rings is 1. The number of hydrogen-bond donors (Lipinski definition) is 0. The molecule has 0 N–H and O–H groups in total. The SMILES string of the molecule is N#Cc1cccc(C#N)c1-c1cc(-n2c3ccccc3c3ccccc32)cc2c1oc1ccccc12. The summed E-state index contributed by atoms with van der Waals surface area (Å²) in [5.74, 6) is 0. The van der Waals surface area contributed by atoms with Crippen LogP contribution in [0.3, 0.4) is 0 Å². The molecular formula is C32H17N3O. The number of rotatable bonds is 2. The van der Waals surface area contributed by atoms with E-state index in [9.17, 15) is 10.5 Å². The van der Waals surface area contributed by atoms with Crippen molar-refractivity contribution in [2.24, 2.45) is 0 Å². The van der Waals surface area contributed by atoms with E-state index < -0.39 is 0 Å². The summed E-state index contributed by atoms with van der Waals surface area (Å²) in [6.45, 7) is 0. The lowest BCUT2D eigenvalue weighted by molar-refractivity contribution is 0.670. The molecule has 0 atom stereocenters. The maximum absolute atomic E-state index is 9.95. The maximum atomic E-state index is 9.95. The Labute approximate surface area is 206 Å². The Hall–Kier alpha value is -5.32. The minimum absolute atomic E-state index is 0.440. The minimum Gasteiger partial charge on any atom is -0.455 e. The Morgan fingerprint density at radius 2 is 1.17 bits per heavy atom. The second-order valence-corrected chi connectivity index (χ2v) is 8.79. The van der Waals surface area contributed by atoms with Crippen LogP contribution in [0.1, 0.15) is 11.1 Å². The van der Waals surface area contributed by atoms with Crippen LogP contribution in [0.15, 0.2) is 108 Å². The fourth-order valence-corrected chi connectivity index (χ4v) is 5.36. The van der Waals surface area contributed by atoms with Crippen molar-refractivity contribution in [3.63, 3.8) is 0 Å². The molecule has 4 heteroatoms. The lowest BCUT2D eigenvalue weighted by Crippen LogP contribution is -1.97. The summed E-state index contributed by atoms with van der Waals surface area (Å²) in [5.41, 5.74) is 6.75. The third-order valence-electron chi connectivity index (χ3n) is 6.88. The highest BCUT2D eigenvalue weighted by molar-refractivity contribution is 6.13. The van der Waals surface area contributed by atoms with Gasteiger partial charge in [-0.1, -0.05) is 60.7 Å². The minimum atomic E-state index is 0.440. The average molecular weight is 460 g/mol. The van der Waals surface area contributed by atoms with Crippen molar-refractivity contribution in [2.75, 3.05) is 0 Å². The second kappa shape index (κ2) is 7.60. The fraction of sp³-hybridized carbons (Fsp3) is 0. The van der Waals surface area contributed by atoms with Gasteiger partial charge >= 0.3 is 0 Å². The lowest BCUT2D eigenvalue weighted by atomic mass is 9.93. The Balaban J connectivity index is 1.69. The first-order chi connectivity index (χ1) is 17.8. The van der Waals surface area contributed by atoms with Gasteiger partial charge in [0.15, 0.2) is 0 Å². The molecule has 5 aromatic carbocycles. The summed E-state index contributed by atoms with van der Waals surface area (Å²) in [5, 5.41) is 24.2. The predicted octanol–water partition coefficient (Wildman–Crippen LogP) is 8.09. The Kier molecular flexibility index (Phi) is 4.24. The normalized spacial score (nSPS) is 11.3. The van der Waals surface area contributed by atoms with Gasteiger partial charge in [-0.25, -0.2) is 0 Å². The Bertz CT molecular complexity index is 1990. The van der Waals surface area contributed by atoms with Crippen LogP contribution in [0.5, 0.6) is 0 Å². The highest BCUT2D eigenvalue weighted by atomic mass is 16.3. The zero-order chi connectivity index (χ0) is 24.2. The van der Waals surface area contributed by atoms with Crippen molar-refractivity contribution in [1.82, 2.24) is 4.57 Å². The van der Waals surface area contributed by atoms with Crippen LogP contribution in [0, 0.1) is 22.7 Å². The molecule has 7 aromatic rings. The highest BCUT2D eigenvalue weighted by Crippen LogP contribution is 2.42. The van der Waals surface area contributed by atoms with Gasteiger partial charge < -0.3 is 8.98 Å². The molecule has 0 bridgehead atoms. The van der Waals surface area contributed by atoms with Crippen molar-refractivity contribution in [3.05, 3.63) is 114 Å². The average Bonchev–Trinajstić information content (AvgIpc) is 3.48. The van der Waals surface area contributed by atoms with E-state index in [-0.39, 0.29) is 0 Å². The van der Waals surface area contributed by atoms with Gasteiger partial charge in [-0.3, -0.25) is 0 Å². The monoisotopic (exact) mass is 459 g/mol. The van der Waals surface area contributed by atoms with Crippen molar-refractivity contribution >= 4 is 43.7 Å². The quantitative estimate of drug-likeness (QED) is 0.262. The lowest BCUT2D eigenvalue weighted by Gasteiger charge is -2.13. The third kappa shape index (κ3) is 2.73. The first kappa shape index (κ1) is 20.1. The van der Waals surface area contributed by atoms with Crippen LogP contribution in [0.25, 0.3) is 60.6 Å². The van der Waals surface area contributed by atoms with Crippen LogP contribution in [-0.4, -0.2) is 4.57 Å². The maximum Gasteiger partial charge on any atom is 0.143 e. The van der Waals surface area contributed by atoms with Gasteiger partial charge in [-0.05, 0) is 42.5 Å². The van der Waals surface area contributed by atoms with Crippen LogP contribution in [0.4, 0.5) is 0 Å². The van der Waals surface area contributed by atoms with Crippen molar-refractivity contribution in [1.29, 1.82) is 10.5 Å². The van der Waals surface area contributed by atoms with Crippen LogP contribution < -0.4 is 0 Å². The smallest absolute Gasteiger partial charge is 0.143 e. The van der Waals surface area contributed by atoms with E-state index in [0.717, 1.165) is 38.6 Å². The second-order valence-electron chi connectivity index (χ2n) is 8.79. The van der Waals surface area contributed by atoms with Gasteiger partial charge in [0.1, 0.15) is 11.2 Å². The molecular weight excluding hydrogens is 442 g/mol. The van der Waals surface area contributed by atoms with Crippen molar-refractivity contribution in [3.8, 4) is 29.0 Å². The van der Waals surface area contributed by atoms with Gasteiger partial charge in [0, 0.05) is 38.4 Å². The molecule has 0 aliphatic heterocycles. The molecule has 0 spiro atoms. The van der Waals surface area contributed by atoms with E-state index in [1.165, 1.54) is 10.8 Å². The summed E-state index contributed by atoms with van der Waals surface area (Å²) in [6.07, 6.45) is 0. The number of benzene rings is 5. The molecule has 36 heavy (non-hydrogen) atoms. The zero-order valence-corrected chi connectivity index (χ0v) is 19.1. The molecule has 0 unspecified atom stereocenters. The molecule has 0 amide bonds. The summed E-state index contributed by atoms with van der Waals surface area (Å²) in [7, 11) is 0. The van der Waals surface area contributed by atoms with Gasteiger partial charge in [-0.2, -0.15) is 10.5 Å². The molecule has 0 radical (unpaired) electrons. The number of para-hydroxylation sites is 3. The largest absolute Gasteiger partial charge is 0.455 e. The molecule has 0 fully saturated rings. The van der Waals surface area contributed by atoms with Gasteiger partial charge in [0.25, 0.3) is 0 Å². The summed E-state index contributed by atoms with van der Waals surface area (Å²) in [4.78, 5) is 0. The Morgan fingerprint density at radius 1 is 0.583 bits per heavy atom. The van der Waals surface area contributed by atoms with Crippen LogP contribution >= 0.6 is 0 Å². The molecule has 0 aliphatic carbocycles. The molecule has 2 aromatic heterocycles. The van der Waals surface area contributed by atoms with E-state index in [1.54, 1.807) is 18.2 Å². The van der Waals surface area contributed by atoms with Crippen molar-refractivity contribution in [2.45, 2.75) is 0 Å². The van der Waals surface area contributed by atoms with Crippen LogP contribution in [0.2, 0.25) is 0 Å². The van der Waals surface area contributed by atoms with E-state index in [0.29, 0.717) is 22.3 Å². The van der Waals surface area contributed by atoms with Gasteiger partial charge in [0.05, 0.1) is 34.3 Å². The van der Waals surface area contributed by atoms with E-state index >= 15 is 0 Å². The molecule has 0 saturated carbocycles. The molecule has 4 nitrogen and oxygen atoms in total. The molecule has 0 aliphatic rings. The Morgan fingerprint density at radius 3 is 1.81 bits per heavy atom. The number of nitriles is 2. The molecule has 7 rings (SSSR count). The third-order valence-corrected chi connectivity index (χ3v) is 6.88. The zero-order valence-electron chi connectivity index (χ0n) is 19.1.